The van der Waals surface area contributed by atoms with Crippen molar-refractivity contribution in [1.29, 1.82) is 0 Å². The number of rotatable bonds is 7. The Balaban J connectivity index is 1.19. The number of ether oxygens (including phenoxy) is 2. The number of amides is 3. The molecule has 0 aliphatic carbocycles. The highest BCUT2D eigenvalue weighted by Gasteiger charge is 2.42. The zero-order chi connectivity index (χ0) is 27.4. The Morgan fingerprint density at radius 2 is 1.90 bits per heavy atom. The van der Waals surface area contributed by atoms with E-state index in [-0.39, 0.29) is 24.4 Å². The molecule has 6 heterocycles. The van der Waals surface area contributed by atoms with Gasteiger partial charge >= 0.3 is 12.1 Å². The lowest BCUT2D eigenvalue weighted by Gasteiger charge is -2.47. The SMILES string of the molecule is CCOc1cnc(NC(=O)N(C)[C@H]2CN(c3cc(NC(=O)OC45CCN(CC4)CC5)ccn3)CC[C@H]2F)cn1. The zero-order valence-electron chi connectivity index (χ0n) is 22.3. The molecule has 2 aromatic rings. The predicted octanol–water partition coefficient (Wildman–Crippen LogP) is 3.14. The van der Waals surface area contributed by atoms with Gasteiger partial charge in [-0.15, -0.1) is 0 Å². The molecule has 2 N–H and O–H groups in total. The summed E-state index contributed by atoms with van der Waals surface area (Å²) in [6.07, 6.45) is 5.51. The number of likely N-dealkylation sites (N-methyl/N-ethyl adjacent to an activating group) is 1. The molecule has 0 saturated carbocycles. The second-order valence-electron chi connectivity index (χ2n) is 10.2. The fraction of sp³-hybridized carbons (Fsp3) is 0.577. The fourth-order valence-electron chi connectivity index (χ4n) is 5.39. The maximum Gasteiger partial charge on any atom is 0.412 e. The number of nitrogens with zero attached hydrogens (tertiary/aromatic N) is 6. The molecule has 39 heavy (non-hydrogen) atoms. The number of urea groups is 1. The number of pyridine rings is 1. The van der Waals surface area contributed by atoms with Crippen LogP contribution in [0.1, 0.15) is 32.6 Å². The van der Waals surface area contributed by atoms with Crippen LogP contribution in [0.3, 0.4) is 0 Å². The third-order valence-electron chi connectivity index (χ3n) is 7.75. The summed E-state index contributed by atoms with van der Waals surface area (Å²) in [7, 11) is 1.55. The minimum absolute atomic E-state index is 0.228. The van der Waals surface area contributed by atoms with Gasteiger partial charge in [0, 0.05) is 77.0 Å². The van der Waals surface area contributed by atoms with Crippen LogP contribution in [0.5, 0.6) is 5.88 Å². The van der Waals surface area contributed by atoms with Gasteiger partial charge in [0.05, 0.1) is 25.0 Å². The van der Waals surface area contributed by atoms with E-state index in [2.05, 4.69) is 30.5 Å². The van der Waals surface area contributed by atoms with Crippen LogP contribution in [-0.4, -0.2) is 101 Å². The number of alkyl halides is 1. The molecule has 0 aromatic carbocycles. The fourth-order valence-corrected chi connectivity index (χ4v) is 5.39. The highest BCUT2D eigenvalue weighted by Crippen LogP contribution is 2.35. The summed E-state index contributed by atoms with van der Waals surface area (Å²) in [5, 5.41) is 5.48. The van der Waals surface area contributed by atoms with Gasteiger partial charge in [0.15, 0.2) is 5.82 Å². The number of hydrogen-bond donors (Lipinski definition) is 2. The van der Waals surface area contributed by atoms with Gasteiger partial charge in [0.1, 0.15) is 17.6 Å². The van der Waals surface area contributed by atoms with Gasteiger partial charge in [-0.1, -0.05) is 0 Å². The molecule has 2 bridgehead atoms. The normalized spacial score (nSPS) is 26.0. The lowest BCUT2D eigenvalue weighted by molar-refractivity contribution is -0.0742. The Bertz CT molecular complexity index is 1150. The Labute approximate surface area is 226 Å². The third kappa shape index (κ3) is 6.29. The Hall–Kier alpha value is -3.74. The van der Waals surface area contributed by atoms with Gasteiger partial charge in [-0.3, -0.25) is 10.6 Å². The Morgan fingerprint density at radius 3 is 2.59 bits per heavy atom. The van der Waals surface area contributed by atoms with Crippen LogP contribution in [0, 0.1) is 0 Å². The summed E-state index contributed by atoms with van der Waals surface area (Å²) in [6, 6.07) is 2.23. The summed E-state index contributed by atoms with van der Waals surface area (Å²) in [4.78, 5) is 43.8. The molecule has 13 heteroatoms. The average molecular weight is 543 g/mol. The van der Waals surface area contributed by atoms with E-state index >= 15 is 0 Å². The molecule has 4 aliphatic heterocycles. The maximum atomic E-state index is 15.0. The van der Waals surface area contributed by atoms with Crippen molar-refractivity contribution < 1.29 is 23.5 Å². The highest BCUT2D eigenvalue weighted by atomic mass is 19.1. The van der Waals surface area contributed by atoms with Crippen LogP contribution in [0.25, 0.3) is 0 Å². The van der Waals surface area contributed by atoms with E-state index in [1.54, 1.807) is 25.4 Å². The number of fused-ring (bicyclic) bond motifs is 3. The first-order chi connectivity index (χ1) is 18.8. The van der Waals surface area contributed by atoms with Crippen LogP contribution in [0.2, 0.25) is 0 Å². The van der Waals surface area contributed by atoms with E-state index < -0.39 is 24.3 Å². The lowest BCUT2D eigenvalue weighted by atomic mass is 9.83. The minimum atomic E-state index is -1.21. The first kappa shape index (κ1) is 26.9. The maximum absolute atomic E-state index is 15.0. The minimum Gasteiger partial charge on any atom is -0.477 e. The van der Waals surface area contributed by atoms with E-state index in [0.717, 1.165) is 38.9 Å². The van der Waals surface area contributed by atoms with E-state index in [9.17, 15) is 14.0 Å². The van der Waals surface area contributed by atoms with Crippen molar-refractivity contribution in [2.24, 2.45) is 0 Å². The summed E-state index contributed by atoms with van der Waals surface area (Å²) in [5.41, 5.74) is 0.168. The van der Waals surface area contributed by atoms with Gasteiger partial charge in [0.2, 0.25) is 5.88 Å². The summed E-state index contributed by atoms with van der Waals surface area (Å²) < 4.78 is 26.1. The van der Waals surface area contributed by atoms with E-state index in [1.807, 2.05) is 11.8 Å². The predicted molar refractivity (Wildman–Crippen MR) is 143 cm³/mol. The summed E-state index contributed by atoms with van der Waals surface area (Å²) in [6.45, 7) is 5.83. The molecule has 4 aliphatic rings. The topological polar surface area (TPSA) is 125 Å². The molecule has 4 fully saturated rings. The van der Waals surface area contributed by atoms with Crippen LogP contribution in [0.15, 0.2) is 30.7 Å². The number of piperidine rings is 4. The number of carbonyl (C=O) groups excluding carboxylic acids is 2. The second kappa shape index (κ2) is 11.6. The lowest BCUT2D eigenvalue weighted by Crippen LogP contribution is -2.55. The number of nitrogens with one attached hydrogen (secondary N) is 2. The third-order valence-corrected chi connectivity index (χ3v) is 7.75. The first-order valence-electron chi connectivity index (χ1n) is 13.4. The van der Waals surface area contributed by atoms with Crippen molar-refractivity contribution in [2.75, 3.05) is 61.9 Å². The number of aromatic nitrogens is 3. The molecule has 6 rings (SSSR count). The average Bonchev–Trinajstić information content (AvgIpc) is 2.95. The molecular formula is C26H35FN8O4. The van der Waals surface area contributed by atoms with Gasteiger partial charge in [-0.05, 0) is 19.4 Å². The molecule has 12 nitrogen and oxygen atoms in total. The largest absolute Gasteiger partial charge is 0.477 e. The van der Waals surface area contributed by atoms with Crippen molar-refractivity contribution in [3.05, 3.63) is 30.7 Å². The van der Waals surface area contributed by atoms with Crippen molar-refractivity contribution in [3.63, 3.8) is 0 Å². The Kier molecular flexibility index (Phi) is 7.96. The molecule has 0 radical (unpaired) electrons. The summed E-state index contributed by atoms with van der Waals surface area (Å²) >= 11 is 0. The molecule has 0 spiro atoms. The standard InChI is InChI=1S/C26H35FN8O4/c1-3-38-23-16-29-21(15-30-23)32-24(36)33(2)20-17-35(10-5-19(20)27)22-14-18(4-9-28-22)31-25(37)39-26-6-11-34(12-7-26)13-8-26/h4,9,14-16,19-20H,3,5-8,10-13,17H2,1-2H3,(H,28,31,37)(H,29,32,36)/t19-,20+/m1/s1. The van der Waals surface area contributed by atoms with Crippen molar-refractivity contribution in [2.45, 2.75) is 50.4 Å². The van der Waals surface area contributed by atoms with Gasteiger partial charge < -0.3 is 24.2 Å². The first-order valence-corrected chi connectivity index (χ1v) is 13.4. The smallest absolute Gasteiger partial charge is 0.412 e. The van der Waals surface area contributed by atoms with Crippen molar-refractivity contribution in [3.8, 4) is 5.88 Å². The number of carbonyl (C=O) groups is 2. The molecule has 2 atom stereocenters. The van der Waals surface area contributed by atoms with Crippen molar-refractivity contribution >= 4 is 29.4 Å². The van der Waals surface area contributed by atoms with E-state index in [4.69, 9.17) is 9.47 Å². The molecule has 0 unspecified atom stereocenters. The van der Waals surface area contributed by atoms with Crippen LogP contribution >= 0.6 is 0 Å². The van der Waals surface area contributed by atoms with Crippen molar-refractivity contribution in [1.82, 2.24) is 24.8 Å². The number of halogens is 1. The van der Waals surface area contributed by atoms with Crippen LogP contribution in [-0.2, 0) is 4.74 Å². The molecular weight excluding hydrogens is 507 g/mol. The van der Waals surface area contributed by atoms with Gasteiger partial charge in [-0.2, -0.15) is 0 Å². The van der Waals surface area contributed by atoms with Crippen LogP contribution < -0.4 is 20.3 Å². The van der Waals surface area contributed by atoms with Gasteiger partial charge in [-0.25, -0.2) is 28.9 Å². The van der Waals surface area contributed by atoms with E-state index in [1.165, 1.54) is 17.3 Å². The second-order valence-corrected chi connectivity index (χ2v) is 10.2. The quantitative estimate of drug-likeness (QED) is 0.543. The monoisotopic (exact) mass is 542 g/mol. The van der Waals surface area contributed by atoms with Crippen LogP contribution in [0.4, 0.5) is 31.3 Å². The zero-order valence-corrected chi connectivity index (χ0v) is 22.3. The number of hydrogen-bond acceptors (Lipinski definition) is 9. The molecule has 210 valence electrons. The Morgan fingerprint density at radius 1 is 1.13 bits per heavy atom. The molecule has 2 aromatic heterocycles. The number of anilines is 3. The highest BCUT2D eigenvalue weighted by molar-refractivity contribution is 5.88. The molecule has 3 amide bonds. The molecule has 4 saturated heterocycles. The van der Waals surface area contributed by atoms with Gasteiger partial charge in [0.25, 0.3) is 0 Å². The summed E-state index contributed by atoms with van der Waals surface area (Å²) in [5.74, 6) is 1.18. The van der Waals surface area contributed by atoms with E-state index in [0.29, 0.717) is 30.5 Å².